The molecule has 0 unspecified atom stereocenters. The number of aromatic nitrogens is 1. The summed E-state index contributed by atoms with van der Waals surface area (Å²) in [6.45, 7) is 9.68. The van der Waals surface area contributed by atoms with Gasteiger partial charge in [-0.1, -0.05) is 64.7 Å². The molecule has 5 rings (SSSR count). The molecule has 8 heteroatoms. The minimum Gasteiger partial charge on any atom is -0.470 e. The van der Waals surface area contributed by atoms with Crippen LogP contribution in [0.5, 0.6) is 0 Å². The molecule has 220 valence electrons. The van der Waals surface area contributed by atoms with E-state index < -0.39 is 11.7 Å². The monoisotopic (exact) mass is 611 g/mol. The first-order valence-electron chi connectivity index (χ1n) is 12.3. The second kappa shape index (κ2) is 21.1. The maximum absolute atomic E-state index is 12.1. The Bertz CT molecular complexity index is 1220. The molecule has 0 saturated heterocycles. The summed E-state index contributed by atoms with van der Waals surface area (Å²) in [6.07, 6.45) is 1.02. The van der Waals surface area contributed by atoms with E-state index in [2.05, 4.69) is 4.98 Å². The number of alkyl halides is 3. The molecule has 0 fully saturated rings. The van der Waals surface area contributed by atoms with Crippen LogP contribution in [0.25, 0.3) is 0 Å². The van der Waals surface area contributed by atoms with Gasteiger partial charge in [0.1, 0.15) is 11.6 Å². The number of nitrogens with zero attached hydrogens (tertiary/aromatic N) is 1. The summed E-state index contributed by atoms with van der Waals surface area (Å²) in [7, 11) is 0. The minimum atomic E-state index is -4.21. The Morgan fingerprint density at radius 1 is 0.610 bits per heavy atom. The number of furan rings is 1. The second-order valence-electron chi connectivity index (χ2n) is 8.70. The summed E-state index contributed by atoms with van der Waals surface area (Å²) in [6, 6.07) is 26.9. The predicted molar refractivity (Wildman–Crippen MR) is 156 cm³/mol. The zero-order chi connectivity index (χ0) is 30.0. The molecular weight excluding hydrogens is 578 g/mol. The van der Waals surface area contributed by atoms with Crippen molar-refractivity contribution in [3.63, 3.8) is 0 Å². The Morgan fingerprint density at radius 3 is 1.29 bits per heavy atom. The van der Waals surface area contributed by atoms with Crippen LogP contribution >= 0.6 is 11.6 Å². The van der Waals surface area contributed by atoms with Gasteiger partial charge in [0.2, 0.25) is 0 Å². The normalized spacial score (nSPS) is 9.51. The third kappa shape index (κ3) is 20.0. The summed E-state index contributed by atoms with van der Waals surface area (Å²) < 4.78 is 52.7. The molecule has 0 bridgehead atoms. The first kappa shape index (κ1) is 38.4. The quantitative estimate of drug-likeness (QED) is 0.163. The standard InChI is InChI=1S/C8H7F3.C7H7Cl.C7H7F.C6H7N.C5H6O.Ar/c1-6-2-4-7(5-3-6)8(9,10)11;2*1-6-2-4-7(8)5-3-6;1-6-2-4-7-5-3-6;1-5-3-2-4-6-5;/h2-5H,1H3;2*2-5H,1H3;2-5H,1H3;2-4H,1H3;. The summed E-state index contributed by atoms with van der Waals surface area (Å²) in [5.41, 5.74) is 3.83. The van der Waals surface area contributed by atoms with Gasteiger partial charge in [-0.05, 0) is 101 Å². The fourth-order valence-corrected chi connectivity index (χ4v) is 2.72. The van der Waals surface area contributed by atoms with E-state index in [1.165, 1.54) is 35.4 Å². The van der Waals surface area contributed by atoms with Crippen molar-refractivity contribution >= 4 is 11.6 Å². The van der Waals surface area contributed by atoms with Gasteiger partial charge in [-0.25, -0.2) is 4.39 Å². The van der Waals surface area contributed by atoms with Crippen LogP contribution in [0, 0.1) is 78.2 Å². The van der Waals surface area contributed by atoms with E-state index in [4.69, 9.17) is 16.0 Å². The number of pyridine rings is 1. The average Bonchev–Trinajstić information content (AvgIpc) is 3.40. The van der Waals surface area contributed by atoms with Crippen LogP contribution in [0.4, 0.5) is 17.6 Å². The van der Waals surface area contributed by atoms with Crippen LogP contribution in [0.3, 0.4) is 0 Å². The van der Waals surface area contributed by atoms with Crippen molar-refractivity contribution in [2.24, 2.45) is 0 Å². The van der Waals surface area contributed by atoms with Crippen molar-refractivity contribution < 1.29 is 59.7 Å². The Morgan fingerprint density at radius 2 is 1.02 bits per heavy atom. The van der Waals surface area contributed by atoms with Crippen molar-refractivity contribution in [2.45, 2.75) is 40.8 Å². The molecule has 0 amide bonds. The molecule has 2 nitrogen and oxygen atoms in total. The third-order valence-electron chi connectivity index (χ3n) is 4.91. The van der Waals surface area contributed by atoms with Crippen molar-refractivity contribution in [3.05, 3.63) is 160 Å². The van der Waals surface area contributed by atoms with E-state index in [0.717, 1.165) is 34.0 Å². The van der Waals surface area contributed by atoms with Crippen molar-refractivity contribution in [1.29, 1.82) is 0 Å². The fraction of sp³-hybridized carbons (Fsp3) is 0.182. The molecule has 0 aliphatic carbocycles. The van der Waals surface area contributed by atoms with Gasteiger partial charge in [-0.3, -0.25) is 4.98 Å². The van der Waals surface area contributed by atoms with E-state index in [0.29, 0.717) is 0 Å². The van der Waals surface area contributed by atoms with Gasteiger partial charge in [0, 0.05) is 55.2 Å². The molecule has 0 aliphatic heterocycles. The van der Waals surface area contributed by atoms with E-state index in [9.17, 15) is 17.6 Å². The molecular formula is C33H34ArClF4NO. The number of hydrogen-bond donors (Lipinski definition) is 0. The number of hydrogen-bond acceptors (Lipinski definition) is 2. The molecule has 0 atom stereocenters. The Hall–Kier alpha value is -2.64. The van der Waals surface area contributed by atoms with Crippen molar-refractivity contribution in [1.82, 2.24) is 4.98 Å². The fourth-order valence-electron chi connectivity index (χ4n) is 2.60. The summed E-state index contributed by atoms with van der Waals surface area (Å²) in [5.74, 6) is 0.797. The minimum absolute atomic E-state index is 0. The SMILES string of the molecule is Cc1ccc(C(F)(F)F)cc1.Cc1ccc(Cl)cc1.Cc1ccc(F)cc1.Cc1ccco1.Cc1ccncc1.[Ar]. The zero-order valence-corrected chi connectivity index (χ0v) is 25.0. The van der Waals surface area contributed by atoms with E-state index in [-0.39, 0.29) is 43.6 Å². The Labute approximate surface area is 275 Å². The van der Waals surface area contributed by atoms with Gasteiger partial charge in [-0.15, -0.1) is 0 Å². The number of rotatable bonds is 0. The van der Waals surface area contributed by atoms with Gasteiger partial charge >= 0.3 is 6.18 Å². The number of aryl methyl sites for hydroxylation is 5. The van der Waals surface area contributed by atoms with Gasteiger partial charge in [0.15, 0.2) is 0 Å². The first-order chi connectivity index (χ1) is 18.9. The van der Waals surface area contributed by atoms with Gasteiger partial charge in [0.05, 0.1) is 11.8 Å². The second-order valence-corrected chi connectivity index (χ2v) is 9.14. The number of benzene rings is 3. The predicted octanol–water partition coefficient (Wildman–Crippen LogP) is 10.8. The van der Waals surface area contributed by atoms with Gasteiger partial charge < -0.3 is 4.42 Å². The van der Waals surface area contributed by atoms with Crippen LogP contribution in [-0.2, 0) is 6.18 Å². The van der Waals surface area contributed by atoms with Crippen LogP contribution in [0.1, 0.15) is 33.6 Å². The van der Waals surface area contributed by atoms with Crippen molar-refractivity contribution in [3.8, 4) is 0 Å². The van der Waals surface area contributed by atoms with Crippen LogP contribution < -0.4 is 0 Å². The Balaban J connectivity index is 0.000000492. The topological polar surface area (TPSA) is 26.0 Å². The zero-order valence-electron chi connectivity index (χ0n) is 23.6. The molecule has 2 heterocycles. The molecule has 0 saturated carbocycles. The van der Waals surface area contributed by atoms with Crippen LogP contribution in [-0.4, -0.2) is 4.98 Å². The number of halogens is 5. The third-order valence-corrected chi connectivity index (χ3v) is 5.16. The molecule has 41 heavy (non-hydrogen) atoms. The van der Waals surface area contributed by atoms with Crippen LogP contribution in [0.2, 0.25) is 5.02 Å². The van der Waals surface area contributed by atoms with Gasteiger partial charge in [0.25, 0.3) is 0 Å². The Kier molecular flexibility index (Phi) is 19.8. The smallest absolute Gasteiger partial charge is 0.416 e. The molecule has 0 aliphatic rings. The largest absolute Gasteiger partial charge is 0.470 e. The van der Waals surface area contributed by atoms with Gasteiger partial charge in [-0.2, -0.15) is 13.2 Å². The van der Waals surface area contributed by atoms with Crippen molar-refractivity contribution in [2.75, 3.05) is 0 Å². The molecule has 2 aromatic heterocycles. The van der Waals surface area contributed by atoms with Crippen LogP contribution in [0.15, 0.2) is 120 Å². The molecule has 0 radical (unpaired) electrons. The van der Waals surface area contributed by atoms with E-state index >= 15 is 0 Å². The van der Waals surface area contributed by atoms with E-state index in [1.807, 2.05) is 76.2 Å². The molecule has 5 aromatic rings. The maximum atomic E-state index is 12.1. The summed E-state index contributed by atoms with van der Waals surface area (Å²) >= 11 is 5.61. The average molecular weight is 612 g/mol. The summed E-state index contributed by atoms with van der Waals surface area (Å²) in [5, 5.41) is 0.801. The molecule has 3 aromatic carbocycles. The van der Waals surface area contributed by atoms with E-state index in [1.54, 1.807) is 37.7 Å². The first-order valence-corrected chi connectivity index (χ1v) is 12.7. The molecule has 0 spiro atoms. The molecule has 0 N–H and O–H groups in total. The summed E-state index contributed by atoms with van der Waals surface area (Å²) in [4.78, 5) is 3.85. The maximum Gasteiger partial charge on any atom is 0.416 e.